The van der Waals surface area contributed by atoms with E-state index in [0.29, 0.717) is 11.0 Å². The third kappa shape index (κ3) is 1.64. The van der Waals surface area contributed by atoms with Crippen LogP contribution in [0.3, 0.4) is 0 Å². The molecular weight excluding hydrogens is 199 g/mol. The average molecular weight is 207 g/mol. The first-order chi connectivity index (χ1) is 6.25. The molecule has 0 bridgehead atoms. The molecule has 6 heteroatoms. The van der Waals surface area contributed by atoms with E-state index in [-0.39, 0.29) is 0 Å². The summed E-state index contributed by atoms with van der Waals surface area (Å²) < 4.78 is 36.8. The molecule has 78 valence electrons. The van der Waals surface area contributed by atoms with E-state index in [9.17, 15) is 22.8 Å². The highest BCUT2D eigenvalue weighted by atomic mass is 19.4. The number of amides is 2. The smallest absolute Gasteiger partial charge is 0.282 e. The van der Waals surface area contributed by atoms with Gasteiger partial charge in [-0.05, 0) is 6.92 Å². The van der Waals surface area contributed by atoms with Crippen molar-refractivity contribution in [1.29, 1.82) is 0 Å². The molecule has 0 aromatic rings. The molecule has 1 aliphatic heterocycles. The van der Waals surface area contributed by atoms with Crippen molar-refractivity contribution in [3.63, 3.8) is 0 Å². The van der Waals surface area contributed by atoms with Crippen molar-refractivity contribution in [2.24, 2.45) is 5.92 Å². The molecule has 0 radical (unpaired) electrons. The normalized spacial score (nSPS) is 23.9. The van der Waals surface area contributed by atoms with Crippen LogP contribution in [0.4, 0.5) is 13.2 Å². The van der Waals surface area contributed by atoms with Gasteiger partial charge in [0, 0.05) is 13.1 Å². The van der Waals surface area contributed by atoms with E-state index in [1.165, 1.54) is 0 Å². The second kappa shape index (κ2) is 3.11. The van der Waals surface area contributed by atoms with Gasteiger partial charge in [0.1, 0.15) is 0 Å². The van der Waals surface area contributed by atoms with Crippen LogP contribution in [-0.2, 0) is 9.59 Å². The summed E-state index contributed by atoms with van der Waals surface area (Å²) in [5.74, 6) is -3.07. The maximum absolute atomic E-state index is 12.3. The number of alkyl halides is 3. The van der Waals surface area contributed by atoms with Crippen LogP contribution in [0.5, 0.6) is 0 Å². The summed E-state index contributed by atoms with van der Waals surface area (Å²) in [7, 11) is 1.16. The average Bonchev–Trinajstić information content (AvgIpc) is 2.06. The molecular formula is C8H8F3NO2. The van der Waals surface area contributed by atoms with E-state index in [0.717, 1.165) is 14.0 Å². The first-order valence-electron chi connectivity index (χ1n) is 3.85. The third-order valence-electron chi connectivity index (χ3n) is 2.10. The van der Waals surface area contributed by atoms with Crippen molar-refractivity contribution in [3.8, 4) is 0 Å². The molecule has 0 N–H and O–H groups in total. The van der Waals surface area contributed by atoms with Crippen molar-refractivity contribution in [2.75, 3.05) is 7.05 Å². The molecule has 3 nitrogen and oxygen atoms in total. The lowest BCUT2D eigenvalue weighted by Gasteiger charge is -2.26. The Kier molecular flexibility index (Phi) is 2.39. The standard InChI is InChI=1S/C8H8F3NO2/c1-4-5(8(9,10)11)3-6(13)12(2)7(4)14/h3-4H,1-2H3. The predicted molar refractivity (Wildman–Crippen MR) is 41.1 cm³/mol. The van der Waals surface area contributed by atoms with Gasteiger partial charge in [-0.15, -0.1) is 0 Å². The molecule has 1 unspecified atom stereocenters. The number of hydrogen-bond acceptors (Lipinski definition) is 2. The summed E-state index contributed by atoms with van der Waals surface area (Å²) in [4.78, 5) is 22.8. The molecule has 14 heavy (non-hydrogen) atoms. The van der Waals surface area contributed by atoms with Crippen LogP contribution >= 0.6 is 0 Å². The van der Waals surface area contributed by atoms with Gasteiger partial charge in [0.2, 0.25) is 5.91 Å². The lowest BCUT2D eigenvalue weighted by molar-refractivity contribution is -0.149. The molecule has 0 spiro atoms. The zero-order chi connectivity index (χ0) is 11.1. The van der Waals surface area contributed by atoms with Gasteiger partial charge in [0.05, 0.1) is 11.5 Å². The Balaban J connectivity index is 3.15. The third-order valence-corrected chi connectivity index (χ3v) is 2.10. The Hall–Kier alpha value is -1.33. The summed E-state index contributed by atoms with van der Waals surface area (Å²) in [5.41, 5.74) is -1.08. The van der Waals surface area contributed by atoms with Crippen molar-refractivity contribution >= 4 is 11.8 Å². The maximum Gasteiger partial charge on any atom is 0.413 e. The SMILES string of the molecule is CC1C(=O)N(C)C(=O)C=C1C(F)(F)F. The summed E-state index contributed by atoms with van der Waals surface area (Å²) in [6.07, 6.45) is -4.15. The van der Waals surface area contributed by atoms with Crippen molar-refractivity contribution < 1.29 is 22.8 Å². The van der Waals surface area contributed by atoms with Crippen molar-refractivity contribution in [2.45, 2.75) is 13.1 Å². The molecule has 1 atom stereocenters. The highest BCUT2D eigenvalue weighted by Crippen LogP contribution is 2.34. The van der Waals surface area contributed by atoms with E-state index < -0.39 is 29.5 Å². The summed E-state index contributed by atoms with van der Waals surface area (Å²) in [5, 5.41) is 0. The van der Waals surface area contributed by atoms with Crippen LogP contribution in [0.1, 0.15) is 6.92 Å². The molecule has 0 fully saturated rings. The number of carbonyl (C=O) groups excluding carboxylic acids is 2. The zero-order valence-corrected chi connectivity index (χ0v) is 7.55. The fourth-order valence-electron chi connectivity index (χ4n) is 1.21. The van der Waals surface area contributed by atoms with Crippen molar-refractivity contribution in [1.82, 2.24) is 4.90 Å². The molecule has 2 amide bonds. The van der Waals surface area contributed by atoms with E-state index in [4.69, 9.17) is 0 Å². The summed E-state index contributed by atoms with van der Waals surface area (Å²) >= 11 is 0. The molecule has 0 aliphatic carbocycles. The second-order valence-electron chi connectivity index (χ2n) is 3.05. The summed E-state index contributed by atoms with van der Waals surface area (Å²) in [6, 6.07) is 0. The monoisotopic (exact) mass is 207 g/mol. The Labute approximate surface area is 78.2 Å². The Morgan fingerprint density at radius 1 is 1.36 bits per heavy atom. The van der Waals surface area contributed by atoms with Crippen LogP contribution in [0.25, 0.3) is 0 Å². The number of carbonyl (C=O) groups is 2. The Morgan fingerprint density at radius 2 is 1.86 bits per heavy atom. The van der Waals surface area contributed by atoms with Gasteiger partial charge in [-0.1, -0.05) is 0 Å². The lowest BCUT2D eigenvalue weighted by atomic mass is 9.95. The first-order valence-corrected chi connectivity index (χ1v) is 3.85. The second-order valence-corrected chi connectivity index (χ2v) is 3.05. The maximum atomic E-state index is 12.3. The predicted octanol–water partition coefficient (Wildman–Crippen LogP) is 1.11. The molecule has 0 aromatic carbocycles. The van der Waals surface area contributed by atoms with Gasteiger partial charge in [0.15, 0.2) is 0 Å². The van der Waals surface area contributed by atoms with E-state index in [1.807, 2.05) is 0 Å². The lowest BCUT2D eigenvalue weighted by Crippen LogP contribution is -2.43. The minimum Gasteiger partial charge on any atom is -0.282 e. The minimum absolute atomic E-state index is 0.464. The van der Waals surface area contributed by atoms with Crippen LogP contribution < -0.4 is 0 Å². The topological polar surface area (TPSA) is 37.4 Å². The first kappa shape index (κ1) is 10.7. The van der Waals surface area contributed by atoms with Gasteiger partial charge >= 0.3 is 6.18 Å². The Bertz CT molecular complexity index is 319. The van der Waals surface area contributed by atoms with Gasteiger partial charge in [-0.3, -0.25) is 14.5 Å². The largest absolute Gasteiger partial charge is 0.413 e. The van der Waals surface area contributed by atoms with Gasteiger partial charge in [-0.2, -0.15) is 13.2 Å². The van der Waals surface area contributed by atoms with E-state index >= 15 is 0 Å². The molecule has 0 saturated carbocycles. The molecule has 1 aliphatic rings. The zero-order valence-electron chi connectivity index (χ0n) is 7.55. The van der Waals surface area contributed by atoms with E-state index in [1.54, 1.807) is 0 Å². The quantitative estimate of drug-likeness (QED) is 0.558. The van der Waals surface area contributed by atoms with E-state index in [2.05, 4.69) is 0 Å². The van der Waals surface area contributed by atoms with Crippen LogP contribution in [-0.4, -0.2) is 29.9 Å². The van der Waals surface area contributed by atoms with Crippen LogP contribution in [0.15, 0.2) is 11.6 Å². The number of imide groups is 1. The summed E-state index contributed by atoms with van der Waals surface area (Å²) in [6.45, 7) is 1.13. The fourth-order valence-corrected chi connectivity index (χ4v) is 1.21. The highest BCUT2D eigenvalue weighted by molar-refractivity contribution is 6.06. The van der Waals surface area contributed by atoms with Crippen LogP contribution in [0, 0.1) is 5.92 Å². The van der Waals surface area contributed by atoms with Gasteiger partial charge in [-0.25, -0.2) is 0 Å². The molecule has 1 heterocycles. The molecule has 1 rings (SSSR count). The highest BCUT2D eigenvalue weighted by Gasteiger charge is 2.44. The number of nitrogens with zero attached hydrogens (tertiary/aromatic N) is 1. The number of rotatable bonds is 0. The number of likely N-dealkylation sites (N-methyl/N-ethyl adjacent to an activating group) is 1. The fraction of sp³-hybridized carbons (Fsp3) is 0.500. The minimum atomic E-state index is -4.62. The number of hydrogen-bond donors (Lipinski definition) is 0. The Morgan fingerprint density at radius 3 is 2.29 bits per heavy atom. The van der Waals surface area contributed by atoms with Gasteiger partial charge in [0.25, 0.3) is 5.91 Å². The molecule has 0 saturated heterocycles. The van der Waals surface area contributed by atoms with Crippen molar-refractivity contribution in [3.05, 3.63) is 11.6 Å². The molecule has 0 aromatic heterocycles. The number of halogens is 3. The van der Waals surface area contributed by atoms with Crippen LogP contribution in [0.2, 0.25) is 0 Å². The van der Waals surface area contributed by atoms with Gasteiger partial charge < -0.3 is 0 Å².